The third-order valence-corrected chi connectivity index (χ3v) is 5.32. The summed E-state index contributed by atoms with van der Waals surface area (Å²) in [5.74, 6) is 0.950. The van der Waals surface area contributed by atoms with Crippen LogP contribution in [-0.4, -0.2) is 29.6 Å². The molecule has 0 aliphatic rings. The fraction of sp³-hybridized carbons (Fsp3) is 0.136. The summed E-state index contributed by atoms with van der Waals surface area (Å²) in [5.41, 5.74) is 14.2. The zero-order chi connectivity index (χ0) is 23.5. The smallest absolute Gasteiger partial charge is 0.280 e. The first-order valence-corrected chi connectivity index (χ1v) is 10.5. The van der Waals surface area contributed by atoms with Crippen LogP contribution in [0.3, 0.4) is 0 Å². The number of azide groups is 1. The quantitative estimate of drug-likeness (QED) is 0.186. The van der Waals surface area contributed by atoms with Gasteiger partial charge in [0.15, 0.2) is 17.3 Å². The summed E-state index contributed by atoms with van der Waals surface area (Å²) < 4.78 is 1.37. The Morgan fingerprint density at radius 1 is 1.15 bits per heavy atom. The molecule has 168 valence electrons. The van der Waals surface area contributed by atoms with Gasteiger partial charge in [-0.15, -0.1) is 0 Å². The van der Waals surface area contributed by atoms with Crippen LogP contribution in [0.25, 0.3) is 32.5 Å². The Labute approximate surface area is 192 Å². The van der Waals surface area contributed by atoms with Crippen LogP contribution >= 0.6 is 0 Å². The Morgan fingerprint density at radius 3 is 2.79 bits per heavy atom. The van der Waals surface area contributed by atoms with Gasteiger partial charge in [-0.25, -0.2) is 24.6 Å². The van der Waals surface area contributed by atoms with Gasteiger partial charge in [0, 0.05) is 4.91 Å². The van der Waals surface area contributed by atoms with Gasteiger partial charge in [0.1, 0.15) is 11.8 Å². The standard InChI is InChI=1S/C22H19N11O/c1-2-14(28-20-18-19(25-11-24-18)26-12-27-20)21-29-15-9-6-10-16(30-32-23)17(15)22(34)33(21)31-13-7-4-3-5-8-13/h3-12,14,31H,2H2,1H3,(H2,24,25,26,27,28). The van der Waals surface area contributed by atoms with Crippen LogP contribution in [-0.2, 0) is 0 Å². The van der Waals surface area contributed by atoms with E-state index in [1.165, 1.54) is 11.0 Å². The van der Waals surface area contributed by atoms with Gasteiger partial charge in [0.05, 0.1) is 34.6 Å². The zero-order valence-corrected chi connectivity index (χ0v) is 18.0. The lowest BCUT2D eigenvalue weighted by molar-refractivity contribution is 0.641. The van der Waals surface area contributed by atoms with Crippen LogP contribution in [0.2, 0.25) is 0 Å². The molecule has 0 aliphatic heterocycles. The molecule has 3 aromatic heterocycles. The van der Waals surface area contributed by atoms with Crippen molar-refractivity contribution >= 4 is 39.3 Å². The summed E-state index contributed by atoms with van der Waals surface area (Å²) in [6.07, 6.45) is 3.56. The van der Waals surface area contributed by atoms with E-state index < -0.39 is 6.04 Å². The first kappa shape index (κ1) is 20.9. The first-order valence-electron chi connectivity index (χ1n) is 10.5. The number of nitrogens with zero attached hydrogens (tertiary/aromatic N) is 8. The molecule has 3 N–H and O–H groups in total. The number of nitrogens with one attached hydrogen (secondary N) is 3. The fourth-order valence-electron chi connectivity index (χ4n) is 3.73. The van der Waals surface area contributed by atoms with E-state index in [0.29, 0.717) is 40.4 Å². The monoisotopic (exact) mass is 453 g/mol. The van der Waals surface area contributed by atoms with Crippen LogP contribution in [0, 0.1) is 0 Å². The largest absolute Gasteiger partial charge is 0.358 e. The molecule has 34 heavy (non-hydrogen) atoms. The maximum atomic E-state index is 13.7. The highest BCUT2D eigenvalue weighted by molar-refractivity contribution is 5.89. The fourth-order valence-corrected chi connectivity index (χ4v) is 3.73. The number of hydrogen-bond acceptors (Lipinski definition) is 8. The molecule has 3 heterocycles. The van der Waals surface area contributed by atoms with Gasteiger partial charge in [-0.3, -0.25) is 10.2 Å². The summed E-state index contributed by atoms with van der Waals surface area (Å²) >= 11 is 0. The molecule has 0 spiro atoms. The van der Waals surface area contributed by atoms with Crippen molar-refractivity contribution in [2.75, 3.05) is 10.7 Å². The number of rotatable bonds is 7. The molecule has 2 aromatic carbocycles. The van der Waals surface area contributed by atoms with Crippen LogP contribution in [0.4, 0.5) is 17.2 Å². The minimum absolute atomic E-state index is 0.211. The molecule has 0 saturated carbocycles. The molecule has 12 nitrogen and oxygen atoms in total. The molecule has 0 saturated heterocycles. The predicted octanol–water partition coefficient (Wildman–Crippen LogP) is 4.44. The van der Waals surface area contributed by atoms with Crippen LogP contribution < -0.4 is 16.3 Å². The highest BCUT2D eigenvalue weighted by atomic mass is 16.1. The number of H-pyrrole nitrogens is 1. The number of para-hydroxylation sites is 1. The lowest BCUT2D eigenvalue weighted by atomic mass is 10.1. The maximum absolute atomic E-state index is 13.7. The van der Waals surface area contributed by atoms with E-state index in [9.17, 15) is 4.79 Å². The van der Waals surface area contributed by atoms with Gasteiger partial charge < -0.3 is 10.3 Å². The van der Waals surface area contributed by atoms with Crippen LogP contribution in [0.15, 0.2) is 71.1 Å². The summed E-state index contributed by atoms with van der Waals surface area (Å²) in [7, 11) is 0. The Bertz CT molecular complexity index is 1590. The number of aromatic nitrogens is 6. The molecule has 0 radical (unpaired) electrons. The second-order valence-electron chi connectivity index (χ2n) is 7.38. The molecule has 5 aromatic rings. The molecule has 1 unspecified atom stereocenters. The molecule has 0 bridgehead atoms. The van der Waals surface area contributed by atoms with E-state index in [1.54, 1.807) is 24.5 Å². The second-order valence-corrected chi connectivity index (χ2v) is 7.38. The van der Waals surface area contributed by atoms with Crippen molar-refractivity contribution < 1.29 is 0 Å². The van der Waals surface area contributed by atoms with Gasteiger partial charge in [-0.05, 0) is 30.2 Å². The number of fused-ring (bicyclic) bond motifs is 2. The van der Waals surface area contributed by atoms with E-state index in [0.717, 1.165) is 0 Å². The van der Waals surface area contributed by atoms with E-state index in [4.69, 9.17) is 10.5 Å². The van der Waals surface area contributed by atoms with E-state index >= 15 is 0 Å². The molecule has 5 rings (SSSR count). The lowest BCUT2D eigenvalue weighted by Crippen LogP contribution is -2.34. The number of anilines is 2. The van der Waals surface area contributed by atoms with Gasteiger partial charge >= 0.3 is 0 Å². The average molecular weight is 453 g/mol. The summed E-state index contributed by atoms with van der Waals surface area (Å²) in [4.78, 5) is 37.1. The molecule has 0 amide bonds. The van der Waals surface area contributed by atoms with Crippen molar-refractivity contribution in [3.8, 4) is 0 Å². The Kier molecular flexibility index (Phi) is 5.46. The van der Waals surface area contributed by atoms with Crippen molar-refractivity contribution in [2.45, 2.75) is 19.4 Å². The topological polar surface area (TPSA) is 162 Å². The number of imidazole rings is 1. The van der Waals surface area contributed by atoms with E-state index in [-0.39, 0.29) is 16.6 Å². The molecule has 1 atom stereocenters. The number of benzene rings is 2. The SMILES string of the molecule is CCC(Nc1ncnc2[nH]cnc12)c1nc2cccc(N=[N+]=[N-])c2c(=O)n1Nc1ccccc1. The van der Waals surface area contributed by atoms with Crippen molar-refractivity contribution in [1.29, 1.82) is 0 Å². The van der Waals surface area contributed by atoms with Crippen molar-refractivity contribution in [2.24, 2.45) is 5.11 Å². The summed E-state index contributed by atoms with van der Waals surface area (Å²) in [5, 5.41) is 7.27. The van der Waals surface area contributed by atoms with Gasteiger partial charge in [-0.2, -0.15) is 0 Å². The molecular weight excluding hydrogens is 434 g/mol. The molecule has 0 fully saturated rings. The number of aromatic amines is 1. The third kappa shape index (κ3) is 3.74. The Hall–Kier alpha value is -4.96. The Balaban J connectivity index is 1.70. The predicted molar refractivity (Wildman–Crippen MR) is 129 cm³/mol. The van der Waals surface area contributed by atoms with Crippen molar-refractivity contribution in [1.82, 2.24) is 29.6 Å². The van der Waals surface area contributed by atoms with Crippen LogP contribution in [0.1, 0.15) is 25.2 Å². The minimum Gasteiger partial charge on any atom is -0.358 e. The molecule has 12 heteroatoms. The van der Waals surface area contributed by atoms with Crippen molar-refractivity contribution in [3.63, 3.8) is 0 Å². The zero-order valence-electron chi connectivity index (χ0n) is 18.0. The van der Waals surface area contributed by atoms with Gasteiger partial charge in [0.2, 0.25) is 0 Å². The van der Waals surface area contributed by atoms with Gasteiger partial charge in [0.25, 0.3) is 5.56 Å². The van der Waals surface area contributed by atoms with E-state index in [1.807, 2.05) is 37.3 Å². The van der Waals surface area contributed by atoms with Gasteiger partial charge in [-0.1, -0.05) is 42.4 Å². The minimum atomic E-state index is -0.411. The number of hydrogen-bond donors (Lipinski definition) is 3. The highest BCUT2D eigenvalue weighted by Crippen LogP contribution is 2.27. The highest BCUT2D eigenvalue weighted by Gasteiger charge is 2.22. The molecule has 0 aliphatic carbocycles. The lowest BCUT2D eigenvalue weighted by Gasteiger charge is -2.23. The molecular formula is C22H19N11O. The summed E-state index contributed by atoms with van der Waals surface area (Å²) in [6.45, 7) is 1.97. The summed E-state index contributed by atoms with van der Waals surface area (Å²) in [6, 6.07) is 13.9. The normalized spacial score (nSPS) is 11.8. The first-order chi connectivity index (χ1) is 16.7. The van der Waals surface area contributed by atoms with Crippen LogP contribution in [0.5, 0.6) is 0 Å². The average Bonchev–Trinajstić information content (AvgIpc) is 3.35. The maximum Gasteiger partial charge on any atom is 0.280 e. The second kappa shape index (κ2) is 8.88. The van der Waals surface area contributed by atoms with Crippen molar-refractivity contribution in [3.05, 3.63) is 87.8 Å². The Morgan fingerprint density at radius 2 is 2.00 bits per heavy atom. The van der Waals surface area contributed by atoms with E-state index in [2.05, 4.69) is 40.7 Å². The third-order valence-electron chi connectivity index (χ3n) is 5.32.